The molecule has 0 aliphatic heterocycles. The van der Waals surface area contributed by atoms with Gasteiger partial charge in [-0.2, -0.15) is 0 Å². The first-order valence-corrected chi connectivity index (χ1v) is 10.1. The van der Waals surface area contributed by atoms with Gasteiger partial charge in [0.25, 0.3) is 0 Å². The summed E-state index contributed by atoms with van der Waals surface area (Å²) in [6.07, 6.45) is 3.52. The number of nitrogens with one attached hydrogen (secondary N) is 2. The predicted molar refractivity (Wildman–Crippen MR) is 125 cm³/mol. The van der Waals surface area contributed by atoms with Crippen LogP contribution in [-0.4, -0.2) is 9.97 Å². The van der Waals surface area contributed by atoms with Crippen molar-refractivity contribution in [2.75, 3.05) is 10.6 Å². The number of hydrogen-bond acceptors (Lipinski definition) is 4. The molecule has 0 fully saturated rings. The summed E-state index contributed by atoms with van der Waals surface area (Å²) >= 11 is 12.1. The topological polar surface area (TPSA) is 49.8 Å². The fourth-order valence-corrected chi connectivity index (χ4v) is 3.14. The van der Waals surface area contributed by atoms with Crippen LogP contribution in [0.1, 0.15) is 11.4 Å². The third-order valence-corrected chi connectivity index (χ3v) is 4.82. The van der Waals surface area contributed by atoms with Crippen LogP contribution in [0.4, 0.5) is 11.4 Å². The van der Waals surface area contributed by atoms with Gasteiger partial charge in [-0.25, -0.2) is 0 Å². The molecule has 0 saturated carbocycles. The average molecular weight is 433 g/mol. The van der Waals surface area contributed by atoms with Gasteiger partial charge in [0.1, 0.15) is 0 Å². The zero-order chi connectivity index (χ0) is 20.8. The maximum atomic E-state index is 6.06. The van der Waals surface area contributed by atoms with E-state index in [1.165, 1.54) is 0 Å². The molecule has 0 spiro atoms. The second-order valence-corrected chi connectivity index (χ2v) is 7.32. The van der Waals surface area contributed by atoms with Crippen LogP contribution in [0.2, 0.25) is 10.0 Å². The molecule has 4 aromatic rings. The van der Waals surface area contributed by atoms with Crippen LogP contribution in [0.25, 0.3) is 11.4 Å². The van der Waals surface area contributed by atoms with Crippen LogP contribution in [0.3, 0.4) is 0 Å². The fourth-order valence-electron chi connectivity index (χ4n) is 2.89. The molecule has 0 aliphatic rings. The Balaban J connectivity index is 1.86. The monoisotopic (exact) mass is 432 g/mol. The number of pyridine rings is 2. The van der Waals surface area contributed by atoms with Gasteiger partial charge in [-0.15, -0.1) is 0 Å². The van der Waals surface area contributed by atoms with E-state index in [4.69, 9.17) is 23.2 Å². The van der Waals surface area contributed by atoms with E-state index in [2.05, 4.69) is 20.6 Å². The van der Waals surface area contributed by atoms with Gasteiger partial charge in [-0.3, -0.25) is 9.97 Å². The maximum Gasteiger partial charge on any atom is 0.0906 e. The van der Waals surface area contributed by atoms with Gasteiger partial charge < -0.3 is 10.6 Å². The maximum absolute atomic E-state index is 6.06. The van der Waals surface area contributed by atoms with Gasteiger partial charge in [0.15, 0.2) is 0 Å². The molecule has 4 rings (SSSR count). The zero-order valence-electron chi connectivity index (χ0n) is 15.9. The number of aromatic nitrogens is 2. The SMILES string of the molecule is Clc1ccc(N/C(=C(/Nc2ccc(Cl)cc2)c2ccccn2)c2ccccn2)cc1. The number of nitrogens with zero attached hydrogens (tertiary/aromatic N) is 2. The number of anilines is 2. The van der Waals surface area contributed by atoms with Crippen molar-refractivity contribution >= 4 is 46.0 Å². The molecular weight excluding hydrogens is 415 g/mol. The standard InChI is InChI=1S/C24H18Cl2N4/c25-17-7-11-19(12-8-17)29-23(21-5-1-3-15-27-21)24(22-6-2-4-16-28-22)30-20-13-9-18(26)10-14-20/h1-16,29-30H/b24-23+. The van der Waals surface area contributed by atoms with Gasteiger partial charge in [0.05, 0.1) is 22.8 Å². The Morgan fingerprint density at radius 3 is 1.27 bits per heavy atom. The molecule has 2 aromatic carbocycles. The van der Waals surface area contributed by atoms with E-state index < -0.39 is 0 Å². The van der Waals surface area contributed by atoms with Crippen molar-refractivity contribution in [1.29, 1.82) is 0 Å². The molecule has 2 N–H and O–H groups in total. The Morgan fingerprint density at radius 1 is 0.533 bits per heavy atom. The first-order valence-electron chi connectivity index (χ1n) is 9.31. The molecule has 2 heterocycles. The van der Waals surface area contributed by atoms with Gasteiger partial charge in [-0.05, 0) is 72.8 Å². The second-order valence-electron chi connectivity index (χ2n) is 6.44. The molecule has 0 saturated heterocycles. The Hall–Kier alpha value is -3.34. The highest BCUT2D eigenvalue weighted by molar-refractivity contribution is 6.31. The van der Waals surface area contributed by atoms with Crippen molar-refractivity contribution in [2.45, 2.75) is 0 Å². The Bertz CT molecular complexity index is 1030. The minimum Gasteiger partial charge on any atom is -0.352 e. The molecule has 0 aliphatic carbocycles. The van der Waals surface area contributed by atoms with Gasteiger partial charge in [0.2, 0.25) is 0 Å². The molecule has 2 aromatic heterocycles. The fraction of sp³-hybridized carbons (Fsp3) is 0. The molecule has 6 heteroatoms. The lowest BCUT2D eigenvalue weighted by Gasteiger charge is -2.19. The molecule has 0 radical (unpaired) electrons. The summed E-state index contributed by atoms with van der Waals surface area (Å²) in [5.41, 5.74) is 4.88. The summed E-state index contributed by atoms with van der Waals surface area (Å²) in [4.78, 5) is 9.12. The molecule has 0 amide bonds. The lowest BCUT2D eigenvalue weighted by molar-refractivity contribution is 1.24. The van der Waals surface area contributed by atoms with E-state index >= 15 is 0 Å². The Kier molecular flexibility index (Phi) is 6.28. The Labute approximate surface area is 185 Å². The molecule has 4 nitrogen and oxygen atoms in total. The van der Waals surface area contributed by atoms with Gasteiger partial charge in [-0.1, -0.05) is 35.3 Å². The van der Waals surface area contributed by atoms with Crippen LogP contribution in [0, 0.1) is 0 Å². The average Bonchev–Trinajstić information content (AvgIpc) is 2.80. The molecule has 0 bridgehead atoms. The van der Waals surface area contributed by atoms with E-state index in [-0.39, 0.29) is 0 Å². The summed E-state index contributed by atoms with van der Waals surface area (Å²) in [5.74, 6) is 0. The first-order chi connectivity index (χ1) is 14.7. The van der Waals surface area contributed by atoms with Crippen LogP contribution < -0.4 is 10.6 Å². The summed E-state index contributed by atoms with van der Waals surface area (Å²) in [6, 6.07) is 26.6. The normalized spacial score (nSPS) is 11.5. The van der Waals surface area contributed by atoms with E-state index in [1.54, 1.807) is 12.4 Å². The van der Waals surface area contributed by atoms with Crippen molar-refractivity contribution in [3.8, 4) is 0 Å². The van der Waals surface area contributed by atoms with E-state index in [0.29, 0.717) is 10.0 Å². The highest BCUT2D eigenvalue weighted by Crippen LogP contribution is 2.28. The predicted octanol–water partition coefficient (Wildman–Crippen LogP) is 6.83. The number of benzene rings is 2. The van der Waals surface area contributed by atoms with Gasteiger partial charge >= 0.3 is 0 Å². The summed E-state index contributed by atoms with van der Waals surface area (Å²) in [6.45, 7) is 0. The van der Waals surface area contributed by atoms with Crippen LogP contribution in [0.15, 0.2) is 97.3 Å². The van der Waals surface area contributed by atoms with Crippen LogP contribution >= 0.6 is 23.2 Å². The summed E-state index contributed by atoms with van der Waals surface area (Å²) in [7, 11) is 0. The van der Waals surface area contributed by atoms with Crippen molar-refractivity contribution in [3.63, 3.8) is 0 Å². The van der Waals surface area contributed by atoms with Crippen LogP contribution in [-0.2, 0) is 0 Å². The smallest absolute Gasteiger partial charge is 0.0906 e. The zero-order valence-corrected chi connectivity index (χ0v) is 17.4. The molecular formula is C24H18Cl2N4. The third kappa shape index (κ3) is 4.98. The van der Waals surface area contributed by atoms with E-state index in [0.717, 1.165) is 34.2 Å². The quantitative estimate of drug-likeness (QED) is 0.350. The third-order valence-electron chi connectivity index (χ3n) is 4.32. The number of halogens is 2. The Morgan fingerprint density at radius 2 is 0.933 bits per heavy atom. The minimum absolute atomic E-state index is 0.674. The molecule has 0 unspecified atom stereocenters. The van der Waals surface area contributed by atoms with E-state index in [9.17, 15) is 0 Å². The lowest BCUT2D eigenvalue weighted by Crippen LogP contribution is -2.11. The largest absolute Gasteiger partial charge is 0.352 e. The van der Waals surface area contributed by atoms with Crippen molar-refractivity contribution < 1.29 is 0 Å². The highest BCUT2D eigenvalue weighted by atomic mass is 35.5. The number of rotatable bonds is 6. The van der Waals surface area contributed by atoms with Crippen molar-refractivity contribution in [3.05, 3.63) is 119 Å². The highest BCUT2D eigenvalue weighted by Gasteiger charge is 2.15. The minimum atomic E-state index is 0.674. The summed E-state index contributed by atoms with van der Waals surface area (Å²) in [5, 5.41) is 8.31. The van der Waals surface area contributed by atoms with E-state index in [1.807, 2.05) is 84.9 Å². The van der Waals surface area contributed by atoms with Crippen LogP contribution in [0.5, 0.6) is 0 Å². The molecule has 0 atom stereocenters. The van der Waals surface area contributed by atoms with Crippen molar-refractivity contribution in [2.24, 2.45) is 0 Å². The molecule has 148 valence electrons. The summed E-state index contributed by atoms with van der Waals surface area (Å²) < 4.78 is 0. The van der Waals surface area contributed by atoms with Crippen molar-refractivity contribution in [1.82, 2.24) is 9.97 Å². The number of hydrogen-bond donors (Lipinski definition) is 2. The second kappa shape index (κ2) is 9.44. The first kappa shape index (κ1) is 20.0. The lowest BCUT2D eigenvalue weighted by atomic mass is 10.1. The van der Waals surface area contributed by atoms with Gasteiger partial charge in [0, 0.05) is 33.8 Å². The molecule has 30 heavy (non-hydrogen) atoms.